The minimum Gasteiger partial charge on any atom is -0.497 e. The number of allylic oxidation sites excluding steroid dienone is 1. The minimum atomic E-state index is -0.216. The van der Waals surface area contributed by atoms with Gasteiger partial charge in [-0.3, -0.25) is 9.89 Å². The van der Waals surface area contributed by atoms with Gasteiger partial charge in [0.1, 0.15) is 25.1 Å². The molecule has 1 aliphatic rings. The monoisotopic (exact) mass is 556 g/mol. The van der Waals surface area contributed by atoms with Crippen molar-refractivity contribution in [1.29, 1.82) is 0 Å². The number of ether oxygens (including phenoxy) is 1. The summed E-state index contributed by atoms with van der Waals surface area (Å²) in [4.78, 5) is 22.9. The van der Waals surface area contributed by atoms with Crippen LogP contribution < -0.4 is 4.74 Å². The molecule has 3 rings (SSSR count). The van der Waals surface area contributed by atoms with Crippen molar-refractivity contribution in [3.8, 4) is 5.75 Å². The second-order valence-corrected chi connectivity index (χ2v) is 9.65. The van der Waals surface area contributed by atoms with E-state index in [1.165, 1.54) is 56.5 Å². The van der Waals surface area contributed by atoms with Gasteiger partial charge >= 0.3 is 0 Å². The highest BCUT2D eigenvalue weighted by Crippen LogP contribution is 2.38. The molecular formula is C34H53FN2O3. The number of carbonyl (C=O) groups is 2. The van der Waals surface area contributed by atoms with Crippen molar-refractivity contribution < 1.29 is 18.7 Å². The number of aliphatic imine (C=N–C) groups is 1. The van der Waals surface area contributed by atoms with Crippen LogP contribution in [0, 0.1) is 11.2 Å². The van der Waals surface area contributed by atoms with Crippen LogP contribution in [0.1, 0.15) is 91.2 Å². The summed E-state index contributed by atoms with van der Waals surface area (Å²) in [7, 11) is 1.72. The number of nitrogens with zero attached hydrogens (tertiary/aromatic N) is 2. The molecule has 0 bridgehead atoms. The summed E-state index contributed by atoms with van der Waals surface area (Å²) in [5.41, 5.74) is 4.83. The first-order valence-corrected chi connectivity index (χ1v) is 14.1. The van der Waals surface area contributed by atoms with E-state index in [0.29, 0.717) is 5.41 Å². The Morgan fingerprint density at radius 2 is 1.43 bits per heavy atom. The van der Waals surface area contributed by atoms with Crippen molar-refractivity contribution in [3.05, 3.63) is 77.8 Å². The predicted molar refractivity (Wildman–Crippen MR) is 169 cm³/mol. The molecule has 0 aliphatic carbocycles. The number of benzene rings is 2. The lowest BCUT2D eigenvalue weighted by molar-refractivity contribution is -0.0987. The average Bonchev–Trinajstić information content (AvgIpc) is 3.01. The maximum Gasteiger partial charge on any atom is 0.123 e. The molecule has 2 aromatic carbocycles. The summed E-state index contributed by atoms with van der Waals surface area (Å²) in [6.07, 6.45) is 5.38. The summed E-state index contributed by atoms with van der Waals surface area (Å²) >= 11 is 0. The van der Waals surface area contributed by atoms with E-state index >= 15 is 0 Å². The van der Waals surface area contributed by atoms with Gasteiger partial charge in [0, 0.05) is 23.9 Å². The Bertz CT molecular complexity index is 938. The standard InChI is InChI=1S/C17H27NO.C13H16FN.C2H6.2CH2O/c1-4-17(5-2)10-12-18(13-11-17)14-15-6-8-16(19-3)9-7-15;1-9(2)15-11(4)10(3)12-5-7-13(14)8-6-12;3*1-2/h6-9H,4-5,10-14H2,1-3H3;5-8,10H,4H2,1-3H3;1-2H3;2*1H2. The number of hydrogen-bond acceptors (Lipinski definition) is 5. The molecular weight excluding hydrogens is 503 g/mol. The largest absolute Gasteiger partial charge is 0.497 e. The molecule has 0 spiro atoms. The Hall–Kier alpha value is -3.12. The normalized spacial score (nSPS) is 14.0. The quantitative estimate of drug-likeness (QED) is 0.305. The summed E-state index contributed by atoms with van der Waals surface area (Å²) < 4.78 is 17.9. The van der Waals surface area contributed by atoms with E-state index in [-0.39, 0.29) is 11.7 Å². The average molecular weight is 557 g/mol. The summed E-state index contributed by atoms with van der Waals surface area (Å²) in [6.45, 7) is 26.1. The van der Waals surface area contributed by atoms with Crippen molar-refractivity contribution in [2.45, 2.75) is 86.6 Å². The van der Waals surface area contributed by atoms with Gasteiger partial charge in [-0.1, -0.05) is 78.3 Å². The van der Waals surface area contributed by atoms with E-state index in [9.17, 15) is 4.39 Å². The SMILES string of the molecule is C=C(N=C(C)C)C(C)c1ccc(F)cc1.C=O.C=O.CC.CCC1(CC)CCN(Cc2ccc(OC)cc2)CC1. The second kappa shape index (κ2) is 22.7. The zero-order chi connectivity index (χ0) is 31.1. The van der Waals surface area contributed by atoms with E-state index < -0.39 is 0 Å². The van der Waals surface area contributed by atoms with Crippen molar-refractivity contribution in [1.82, 2.24) is 4.90 Å². The van der Waals surface area contributed by atoms with Gasteiger partial charge in [-0.05, 0) is 80.6 Å². The molecule has 224 valence electrons. The molecule has 40 heavy (non-hydrogen) atoms. The summed E-state index contributed by atoms with van der Waals surface area (Å²) in [5, 5.41) is 0. The predicted octanol–water partition coefficient (Wildman–Crippen LogP) is 8.68. The summed E-state index contributed by atoms with van der Waals surface area (Å²) in [5.74, 6) is 0.852. The number of hydrogen-bond donors (Lipinski definition) is 0. The smallest absolute Gasteiger partial charge is 0.123 e. The topological polar surface area (TPSA) is 59.0 Å². The highest BCUT2D eigenvalue weighted by atomic mass is 19.1. The van der Waals surface area contributed by atoms with Crippen LogP contribution in [-0.2, 0) is 16.1 Å². The lowest BCUT2D eigenvalue weighted by Gasteiger charge is -2.41. The Kier molecular flexibility index (Phi) is 22.1. The van der Waals surface area contributed by atoms with Crippen LogP contribution in [0.4, 0.5) is 4.39 Å². The molecule has 1 unspecified atom stereocenters. The zero-order valence-electron chi connectivity index (χ0n) is 26.3. The van der Waals surface area contributed by atoms with Gasteiger partial charge in [0.25, 0.3) is 0 Å². The fourth-order valence-electron chi connectivity index (χ4n) is 4.46. The third-order valence-corrected chi connectivity index (χ3v) is 7.22. The van der Waals surface area contributed by atoms with Crippen LogP contribution in [-0.4, -0.2) is 44.4 Å². The first-order chi connectivity index (χ1) is 19.2. The zero-order valence-corrected chi connectivity index (χ0v) is 26.3. The number of piperidine rings is 1. The van der Waals surface area contributed by atoms with E-state index in [4.69, 9.17) is 14.3 Å². The third kappa shape index (κ3) is 14.3. The number of rotatable bonds is 8. The fourth-order valence-corrected chi connectivity index (χ4v) is 4.46. The van der Waals surface area contributed by atoms with E-state index in [2.05, 4.69) is 54.6 Å². The van der Waals surface area contributed by atoms with Crippen LogP contribution in [0.15, 0.2) is 65.8 Å². The van der Waals surface area contributed by atoms with Crippen LogP contribution in [0.2, 0.25) is 0 Å². The van der Waals surface area contributed by atoms with Crippen molar-refractivity contribution >= 4 is 19.3 Å². The first kappa shape index (κ1) is 39.0. The lowest BCUT2D eigenvalue weighted by atomic mass is 9.74. The van der Waals surface area contributed by atoms with E-state index in [1.54, 1.807) is 19.2 Å². The van der Waals surface area contributed by atoms with E-state index in [0.717, 1.165) is 29.3 Å². The van der Waals surface area contributed by atoms with Crippen LogP contribution in [0.5, 0.6) is 5.75 Å². The van der Waals surface area contributed by atoms with Crippen molar-refractivity contribution in [2.75, 3.05) is 20.2 Å². The highest BCUT2D eigenvalue weighted by Gasteiger charge is 2.30. The fraction of sp³-hybridized carbons (Fsp3) is 0.500. The molecule has 0 aromatic heterocycles. The Labute approximate surface area is 243 Å². The third-order valence-electron chi connectivity index (χ3n) is 7.22. The Balaban J connectivity index is 0. The molecule has 1 saturated heterocycles. The number of methoxy groups -OCH3 is 1. The van der Waals surface area contributed by atoms with Crippen molar-refractivity contribution in [3.63, 3.8) is 0 Å². The van der Waals surface area contributed by atoms with Gasteiger partial charge in [-0.15, -0.1) is 0 Å². The molecule has 0 saturated carbocycles. The Morgan fingerprint density at radius 1 is 0.950 bits per heavy atom. The van der Waals surface area contributed by atoms with Crippen LogP contribution in [0.3, 0.4) is 0 Å². The molecule has 1 fully saturated rings. The minimum absolute atomic E-state index is 0.125. The molecule has 0 amide bonds. The second-order valence-electron chi connectivity index (χ2n) is 9.65. The number of carbonyl (C=O) groups excluding carboxylic acids is 2. The molecule has 1 atom stereocenters. The molecule has 1 aliphatic heterocycles. The molecule has 6 heteroatoms. The Morgan fingerprint density at radius 3 is 1.82 bits per heavy atom. The number of likely N-dealkylation sites (tertiary alicyclic amines) is 1. The highest BCUT2D eigenvalue weighted by molar-refractivity contribution is 5.80. The van der Waals surface area contributed by atoms with E-state index in [1.807, 2.05) is 48.2 Å². The van der Waals surface area contributed by atoms with Gasteiger partial charge in [-0.25, -0.2) is 4.39 Å². The van der Waals surface area contributed by atoms with Crippen LogP contribution >= 0.6 is 0 Å². The first-order valence-electron chi connectivity index (χ1n) is 14.1. The molecule has 0 N–H and O–H groups in total. The molecule has 0 radical (unpaired) electrons. The van der Waals surface area contributed by atoms with Crippen LogP contribution in [0.25, 0.3) is 0 Å². The van der Waals surface area contributed by atoms with Gasteiger partial charge in [0.2, 0.25) is 0 Å². The van der Waals surface area contributed by atoms with Gasteiger partial charge in [-0.2, -0.15) is 0 Å². The lowest BCUT2D eigenvalue weighted by Crippen LogP contribution is -2.39. The molecule has 5 nitrogen and oxygen atoms in total. The summed E-state index contributed by atoms with van der Waals surface area (Å²) in [6, 6.07) is 14.9. The maximum atomic E-state index is 12.7. The van der Waals surface area contributed by atoms with Crippen molar-refractivity contribution in [2.24, 2.45) is 10.4 Å². The van der Waals surface area contributed by atoms with Gasteiger partial charge in [0.15, 0.2) is 0 Å². The molecule has 1 heterocycles. The van der Waals surface area contributed by atoms with Gasteiger partial charge < -0.3 is 14.3 Å². The maximum absolute atomic E-state index is 12.7. The van der Waals surface area contributed by atoms with Gasteiger partial charge in [0.05, 0.1) is 7.11 Å². The molecule has 2 aromatic rings. The number of halogens is 1.